The number of halogens is 2. The molecule has 2 rings (SSSR count). The summed E-state index contributed by atoms with van der Waals surface area (Å²) in [5.74, 6) is -2.46. The molecular formula is C14H8Cl2N2O5. The second-order valence-corrected chi connectivity index (χ2v) is 5.13. The van der Waals surface area contributed by atoms with Crippen LogP contribution in [0.25, 0.3) is 0 Å². The molecule has 23 heavy (non-hydrogen) atoms. The molecule has 1 amide bonds. The van der Waals surface area contributed by atoms with Gasteiger partial charge in [-0.3, -0.25) is 14.9 Å². The molecule has 0 fully saturated rings. The molecule has 0 spiro atoms. The van der Waals surface area contributed by atoms with Crippen molar-refractivity contribution in [3.8, 4) is 0 Å². The number of rotatable bonds is 4. The zero-order valence-electron chi connectivity index (χ0n) is 11.2. The smallest absolute Gasteiger partial charge is 0.343 e. The van der Waals surface area contributed by atoms with E-state index >= 15 is 0 Å². The fraction of sp³-hybridized carbons (Fsp3) is 0. The van der Waals surface area contributed by atoms with E-state index in [1.54, 1.807) is 6.07 Å². The number of aromatic carboxylic acids is 1. The van der Waals surface area contributed by atoms with Crippen LogP contribution in [0.4, 0.5) is 11.4 Å². The largest absolute Gasteiger partial charge is 0.477 e. The zero-order chi connectivity index (χ0) is 17.1. The highest BCUT2D eigenvalue weighted by Gasteiger charge is 2.27. The second kappa shape index (κ2) is 6.64. The first-order chi connectivity index (χ1) is 10.8. The molecule has 118 valence electrons. The molecule has 0 aliphatic heterocycles. The van der Waals surface area contributed by atoms with Crippen LogP contribution in [0, 0.1) is 10.1 Å². The van der Waals surface area contributed by atoms with Gasteiger partial charge in [0.15, 0.2) is 0 Å². The van der Waals surface area contributed by atoms with Gasteiger partial charge >= 0.3 is 5.97 Å². The Morgan fingerprint density at radius 1 is 1.09 bits per heavy atom. The quantitative estimate of drug-likeness (QED) is 0.639. The Morgan fingerprint density at radius 2 is 1.65 bits per heavy atom. The van der Waals surface area contributed by atoms with Gasteiger partial charge in [0.1, 0.15) is 5.56 Å². The number of carbonyl (C=O) groups excluding carboxylic acids is 1. The van der Waals surface area contributed by atoms with Crippen LogP contribution in [0.3, 0.4) is 0 Å². The number of nitrogens with zero attached hydrogens (tertiary/aromatic N) is 1. The number of nitro benzene ring substituents is 1. The minimum atomic E-state index is -1.59. The summed E-state index contributed by atoms with van der Waals surface area (Å²) >= 11 is 11.8. The van der Waals surface area contributed by atoms with Crippen LogP contribution >= 0.6 is 23.2 Å². The van der Waals surface area contributed by atoms with E-state index in [2.05, 4.69) is 5.32 Å². The van der Waals surface area contributed by atoms with Gasteiger partial charge in [0.05, 0.1) is 26.2 Å². The highest BCUT2D eigenvalue weighted by atomic mass is 35.5. The lowest BCUT2D eigenvalue weighted by atomic mass is 10.0. The highest BCUT2D eigenvalue weighted by molar-refractivity contribution is 6.40. The summed E-state index contributed by atoms with van der Waals surface area (Å²) in [4.78, 5) is 33.7. The number of nitrogens with one attached hydrogen (secondary N) is 1. The van der Waals surface area contributed by atoms with E-state index < -0.39 is 28.1 Å². The summed E-state index contributed by atoms with van der Waals surface area (Å²) in [7, 11) is 0. The van der Waals surface area contributed by atoms with E-state index in [4.69, 9.17) is 23.2 Å². The third kappa shape index (κ3) is 3.41. The average molecular weight is 355 g/mol. The van der Waals surface area contributed by atoms with Gasteiger partial charge < -0.3 is 10.4 Å². The summed E-state index contributed by atoms with van der Waals surface area (Å²) in [5, 5.41) is 22.8. The zero-order valence-corrected chi connectivity index (χ0v) is 12.8. The van der Waals surface area contributed by atoms with Crippen molar-refractivity contribution in [1.82, 2.24) is 0 Å². The topological polar surface area (TPSA) is 110 Å². The van der Waals surface area contributed by atoms with Crippen LogP contribution in [0.5, 0.6) is 0 Å². The summed E-state index contributed by atoms with van der Waals surface area (Å²) in [5.41, 5.74) is -1.68. The van der Waals surface area contributed by atoms with E-state index in [0.29, 0.717) is 0 Å². The van der Waals surface area contributed by atoms with Crippen molar-refractivity contribution in [2.24, 2.45) is 0 Å². The summed E-state index contributed by atoms with van der Waals surface area (Å²) in [6, 6.07) is 7.91. The Balaban J connectivity index is 2.50. The number of carboxylic acid groups (broad SMARTS) is 1. The predicted octanol–water partition coefficient (Wildman–Crippen LogP) is 3.85. The van der Waals surface area contributed by atoms with Crippen molar-refractivity contribution in [2.45, 2.75) is 0 Å². The van der Waals surface area contributed by atoms with E-state index in [0.717, 1.165) is 12.1 Å². The number of hydrogen-bond donors (Lipinski definition) is 2. The number of benzene rings is 2. The summed E-state index contributed by atoms with van der Waals surface area (Å²) in [6.45, 7) is 0. The molecule has 0 unspecified atom stereocenters. The lowest BCUT2D eigenvalue weighted by Gasteiger charge is -2.10. The van der Waals surface area contributed by atoms with Crippen LogP contribution in [0.1, 0.15) is 20.7 Å². The van der Waals surface area contributed by atoms with Crippen LogP contribution in [0.2, 0.25) is 10.0 Å². The van der Waals surface area contributed by atoms with E-state index in [9.17, 15) is 24.8 Å². The number of hydrogen-bond acceptors (Lipinski definition) is 4. The van der Waals surface area contributed by atoms with Gasteiger partial charge in [-0.2, -0.15) is 0 Å². The first-order valence-electron chi connectivity index (χ1n) is 6.09. The Hall–Kier alpha value is -2.64. The Labute approximate surface area is 139 Å². The van der Waals surface area contributed by atoms with E-state index in [1.807, 2.05) is 0 Å². The van der Waals surface area contributed by atoms with Crippen molar-refractivity contribution < 1.29 is 19.6 Å². The van der Waals surface area contributed by atoms with Crippen molar-refractivity contribution in [2.75, 3.05) is 5.32 Å². The van der Waals surface area contributed by atoms with Gasteiger partial charge in [0.25, 0.3) is 11.6 Å². The number of amides is 1. The highest BCUT2D eigenvalue weighted by Crippen LogP contribution is 2.31. The van der Waals surface area contributed by atoms with Gasteiger partial charge in [-0.05, 0) is 18.2 Å². The molecular weight excluding hydrogens is 347 g/mol. The fourth-order valence-electron chi connectivity index (χ4n) is 1.90. The molecule has 0 heterocycles. The molecule has 0 aliphatic carbocycles. The molecule has 0 bridgehead atoms. The number of para-hydroxylation sites is 1. The van der Waals surface area contributed by atoms with Crippen molar-refractivity contribution >= 4 is 46.5 Å². The van der Waals surface area contributed by atoms with E-state index in [1.165, 1.54) is 18.2 Å². The Bertz CT molecular complexity index is 803. The van der Waals surface area contributed by atoms with E-state index in [-0.39, 0.29) is 21.3 Å². The maximum absolute atomic E-state index is 12.3. The SMILES string of the molecule is O=C(Nc1c(Cl)cccc1Cl)c1cccc([N+](=O)[O-])c1C(=O)O. The number of anilines is 1. The maximum Gasteiger partial charge on any atom is 0.343 e. The number of nitro groups is 1. The molecule has 2 aromatic rings. The van der Waals surface area contributed by atoms with Crippen LogP contribution in [-0.2, 0) is 0 Å². The van der Waals surface area contributed by atoms with Gasteiger partial charge in [0.2, 0.25) is 0 Å². The number of carbonyl (C=O) groups is 2. The Morgan fingerprint density at radius 3 is 2.17 bits per heavy atom. The van der Waals surface area contributed by atoms with Crippen molar-refractivity contribution in [1.29, 1.82) is 0 Å². The van der Waals surface area contributed by atoms with Crippen LogP contribution < -0.4 is 5.32 Å². The van der Waals surface area contributed by atoms with Crippen LogP contribution in [-0.4, -0.2) is 21.9 Å². The Kier molecular flexibility index (Phi) is 4.83. The standard InChI is InChI=1S/C14H8Cl2N2O5/c15-8-4-2-5-9(16)12(8)17-13(19)7-3-1-6-10(18(22)23)11(7)14(20)21/h1-6H,(H,17,19)(H,20,21). The average Bonchev–Trinajstić information content (AvgIpc) is 2.49. The number of carboxylic acids is 1. The molecule has 0 saturated heterocycles. The summed E-state index contributed by atoms with van der Waals surface area (Å²) < 4.78 is 0. The molecule has 2 aromatic carbocycles. The lowest BCUT2D eigenvalue weighted by Crippen LogP contribution is -2.18. The van der Waals surface area contributed by atoms with Gasteiger partial charge in [-0.15, -0.1) is 0 Å². The van der Waals surface area contributed by atoms with Crippen molar-refractivity contribution in [3.63, 3.8) is 0 Å². The molecule has 0 saturated carbocycles. The second-order valence-electron chi connectivity index (χ2n) is 4.31. The lowest BCUT2D eigenvalue weighted by molar-refractivity contribution is -0.385. The fourth-order valence-corrected chi connectivity index (χ4v) is 2.40. The summed E-state index contributed by atoms with van der Waals surface area (Å²) in [6.07, 6.45) is 0. The van der Waals surface area contributed by atoms with Gasteiger partial charge in [-0.1, -0.05) is 35.3 Å². The van der Waals surface area contributed by atoms with Gasteiger partial charge in [-0.25, -0.2) is 4.79 Å². The van der Waals surface area contributed by atoms with Gasteiger partial charge in [0, 0.05) is 6.07 Å². The molecule has 0 aliphatic rings. The molecule has 0 radical (unpaired) electrons. The molecule has 0 aromatic heterocycles. The van der Waals surface area contributed by atoms with Crippen LogP contribution in [0.15, 0.2) is 36.4 Å². The minimum absolute atomic E-state index is 0.0867. The normalized spacial score (nSPS) is 10.2. The molecule has 7 nitrogen and oxygen atoms in total. The third-order valence-corrected chi connectivity index (χ3v) is 3.53. The molecule has 9 heteroatoms. The third-order valence-electron chi connectivity index (χ3n) is 2.90. The maximum atomic E-state index is 12.3. The predicted molar refractivity (Wildman–Crippen MR) is 84.5 cm³/mol. The molecule has 0 atom stereocenters. The first kappa shape index (κ1) is 16.7. The monoisotopic (exact) mass is 354 g/mol. The first-order valence-corrected chi connectivity index (χ1v) is 6.84. The minimum Gasteiger partial charge on any atom is -0.477 e. The molecule has 2 N–H and O–H groups in total. The van der Waals surface area contributed by atoms with Crippen molar-refractivity contribution in [3.05, 3.63) is 67.7 Å².